The van der Waals surface area contributed by atoms with E-state index in [1.165, 1.54) is 0 Å². The molecule has 1 heterocycles. The topological polar surface area (TPSA) is 45.8 Å². The molecule has 0 aromatic carbocycles. The maximum atomic E-state index is 11.8. The van der Waals surface area contributed by atoms with E-state index >= 15 is 0 Å². The largest absolute Gasteiger partial charge is 0.432 e. The summed E-state index contributed by atoms with van der Waals surface area (Å²) in [6, 6.07) is 0. The highest BCUT2D eigenvalue weighted by molar-refractivity contribution is 6.30. The number of aromatic amines is 1. The van der Waals surface area contributed by atoms with Gasteiger partial charge in [-0.2, -0.15) is 13.2 Å². The van der Waals surface area contributed by atoms with Crippen LogP contribution in [0.4, 0.5) is 13.2 Å². The molecule has 0 unspecified atom stereocenters. The number of nitrogens with zero attached hydrogens (tertiary/aromatic N) is 1. The van der Waals surface area contributed by atoms with Crippen LogP contribution in [-0.4, -0.2) is 17.8 Å². The predicted octanol–water partition coefficient (Wildman–Crippen LogP) is -0.418. The molecule has 0 aliphatic carbocycles. The number of alkyl halides is 3. The third-order valence-corrected chi connectivity index (χ3v) is 1.12. The summed E-state index contributed by atoms with van der Waals surface area (Å²) in [5.74, 6) is 0. The van der Waals surface area contributed by atoms with Crippen LogP contribution in [-0.2, 0) is 6.18 Å². The van der Waals surface area contributed by atoms with Crippen LogP contribution in [0.15, 0.2) is 11.0 Å². The SMILES string of the molecule is [B]c1ncc(C(F)(F)F)[nH]c1=O. The maximum absolute atomic E-state index is 11.8. The van der Waals surface area contributed by atoms with Crippen molar-refractivity contribution in [3.8, 4) is 0 Å². The standard InChI is InChI=1S/C5H2BF3N2O/c6-3-4(12)11-2(1-10-3)5(7,8)9/h1H,(H,11,12). The van der Waals surface area contributed by atoms with Gasteiger partial charge in [-0.25, -0.2) is 0 Å². The monoisotopic (exact) mass is 174 g/mol. The van der Waals surface area contributed by atoms with Gasteiger partial charge in [0.05, 0.1) is 11.8 Å². The summed E-state index contributed by atoms with van der Waals surface area (Å²) in [5, 5.41) is 0. The number of nitrogens with one attached hydrogen (secondary N) is 1. The highest BCUT2D eigenvalue weighted by Crippen LogP contribution is 2.25. The van der Waals surface area contributed by atoms with Gasteiger partial charge >= 0.3 is 6.18 Å². The van der Waals surface area contributed by atoms with Gasteiger partial charge in [0.15, 0.2) is 0 Å². The molecular weight excluding hydrogens is 172 g/mol. The minimum Gasteiger partial charge on any atom is -0.316 e. The number of hydrogen-bond acceptors (Lipinski definition) is 2. The van der Waals surface area contributed by atoms with Crippen LogP contribution in [0.3, 0.4) is 0 Å². The van der Waals surface area contributed by atoms with Crippen LogP contribution in [0, 0.1) is 0 Å². The summed E-state index contributed by atoms with van der Waals surface area (Å²) >= 11 is 0. The van der Waals surface area contributed by atoms with Crippen molar-refractivity contribution in [2.75, 3.05) is 0 Å². The zero-order chi connectivity index (χ0) is 9.35. The van der Waals surface area contributed by atoms with Gasteiger partial charge in [0.25, 0.3) is 5.56 Å². The molecule has 0 atom stereocenters. The minimum absolute atomic E-state index is 0.469. The Balaban J connectivity index is 3.23. The van der Waals surface area contributed by atoms with Gasteiger partial charge in [0.2, 0.25) is 0 Å². The Morgan fingerprint density at radius 3 is 2.50 bits per heavy atom. The summed E-state index contributed by atoms with van der Waals surface area (Å²) in [4.78, 5) is 15.2. The Labute approximate surface area is 66.0 Å². The van der Waals surface area contributed by atoms with Gasteiger partial charge in [-0.3, -0.25) is 9.78 Å². The second-order valence-corrected chi connectivity index (χ2v) is 2.01. The average Bonchev–Trinajstić information content (AvgIpc) is 1.92. The number of rotatable bonds is 0. The van der Waals surface area contributed by atoms with Crippen molar-refractivity contribution in [2.24, 2.45) is 0 Å². The molecule has 0 spiro atoms. The lowest BCUT2D eigenvalue weighted by atomic mass is 10.1. The van der Waals surface area contributed by atoms with Crippen molar-refractivity contribution < 1.29 is 13.2 Å². The molecule has 0 bridgehead atoms. The Morgan fingerprint density at radius 1 is 1.50 bits per heavy atom. The van der Waals surface area contributed by atoms with E-state index in [4.69, 9.17) is 7.85 Å². The Bertz CT molecular complexity index is 345. The van der Waals surface area contributed by atoms with E-state index in [9.17, 15) is 18.0 Å². The van der Waals surface area contributed by atoms with E-state index in [2.05, 4.69) is 4.98 Å². The van der Waals surface area contributed by atoms with Crippen LogP contribution < -0.4 is 11.2 Å². The van der Waals surface area contributed by atoms with Crippen LogP contribution in [0.2, 0.25) is 0 Å². The van der Waals surface area contributed by atoms with Gasteiger partial charge in [-0.1, -0.05) is 0 Å². The van der Waals surface area contributed by atoms with E-state index in [1.54, 1.807) is 4.98 Å². The fourth-order valence-electron chi connectivity index (χ4n) is 0.555. The molecule has 12 heavy (non-hydrogen) atoms. The zero-order valence-corrected chi connectivity index (χ0v) is 5.64. The molecule has 1 aromatic heterocycles. The first-order chi connectivity index (χ1) is 5.41. The number of halogens is 3. The predicted molar refractivity (Wildman–Crippen MR) is 35.2 cm³/mol. The molecule has 0 saturated heterocycles. The van der Waals surface area contributed by atoms with Gasteiger partial charge < -0.3 is 4.98 Å². The molecule has 1 aromatic rings. The average molecular weight is 174 g/mol. The molecule has 1 rings (SSSR count). The van der Waals surface area contributed by atoms with E-state index in [0.717, 1.165) is 0 Å². The molecule has 7 heteroatoms. The van der Waals surface area contributed by atoms with Crippen LogP contribution >= 0.6 is 0 Å². The third-order valence-electron chi connectivity index (χ3n) is 1.12. The summed E-state index contributed by atoms with van der Waals surface area (Å²) < 4.78 is 35.5. The molecule has 62 valence electrons. The van der Waals surface area contributed by atoms with E-state index in [1.807, 2.05) is 0 Å². The summed E-state index contributed by atoms with van der Waals surface area (Å²) in [7, 11) is 4.91. The highest BCUT2D eigenvalue weighted by Gasteiger charge is 2.32. The van der Waals surface area contributed by atoms with Crippen molar-refractivity contribution in [3.63, 3.8) is 0 Å². The highest BCUT2D eigenvalue weighted by atomic mass is 19.4. The van der Waals surface area contributed by atoms with Crippen LogP contribution in [0.5, 0.6) is 0 Å². The second kappa shape index (κ2) is 2.65. The molecular formula is C5H2BF3N2O. The summed E-state index contributed by atoms with van der Waals surface area (Å²) in [6.45, 7) is 0. The fourth-order valence-corrected chi connectivity index (χ4v) is 0.555. The van der Waals surface area contributed by atoms with Crippen molar-refractivity contribution in [1.29, 1.82) is 0 Å². The third kappa shape index (κ3) is 1.66. The molecule has 3 nitrogen and oxygen atoms in total. The Morgan fingerprint density at radius 2 is 2.08 bits per heavy atom. The molecule has 0 fully saturated rings. The molecule has 0 amide bonds. The first kappa shape index (κ1) is 8.83. The van der Waals surface area contributed by atoms with E-state index in [-0.39, 0.29) is 0 Å². The van der Waals surface area contributed by atoms with E-state index in [0.29, 0.717) is 6.20 Å². The quantitative estimate of drug-likeness (QED) is 0.543. The first-order valence-corrected chi connectivity index (χ1v) is 2.83. The van der Waals surface area contributed by atoms with Crippen molar-refractivity contribution in [1.82, 2.24) is 9.97 Å². The lowest BCUT2D eigenvalue weighted by Crippen LogP contribution is -2.32. The van der Waals surface area contributed by atoms with Gasteiger partial charge in [-0.15, -0.1) is 0 Å². The van der Waals surface area contributed by atoms with Crippen molar-refractivity contribution >= 4 is 13.4 Å². The van der Waals surface area contributed by atoms with Gasteiger partial charge in [0, 0.05) is 0 Å². The van der Waals surface area contributed by atoms with Gasteiger partial charge in [-0.05, 0) is 0 Å². The van der Waals surface area contributed by atoms with Gasteiger partial charge in [0.1, 0.15) is 13.5 Å². The number of H-pyrrole nitrogens is 1. The lowest BCUT2D eigenvalue weighted by Gasteiger charge is -2.04. The second-order valence-electron chi connectivity index (χ2n) is 2.01. The number of hydrogen-bond donors (Lipinski definition) is 1. The molecule has 2 radical (unpaired) electrons. The zero-order valence-electron chi connectivity index (χ0n) is 5.64. The van der Waals surface area contributed by atoms with Crippen molar-refractivity contribution in [2.45, 2.75) is 6.18 Å². The molecule has 0 saturated carbocycles. The molecule has 0 aliphatic heterocycles. The molecule has 1 N–H and O–H groups in total. The summed E-state index contributed by atoms with van der Waals surface area (Å²) in [5.41, 5.74) is -2.73. The smallest absolute Gasteiger partial charge is 0.316 e. The first-order valence-electron chi connectivity index (χ1n) is 2.83. The van der Waals surface area contributed by atoms with Crippen LogP contribution in [0.25, 0.3) is 0 Å². The Hall–Kier alpha value is -1.27. The maximum Gasteiger partial charge on any atom is 0.432 e. The van der Waals surface area contributed by atoms with E-state index < -0.39 is 23.0 Å². The van der Waals surface area contributed by atoms with Crippen LogP contribution in [0.1, 0.15) is 5.69 Å². The normalized spacial score (nSPS) is 11.6. The lowest BCUT2D eigenvalue weighted by molar-refractivity contribution is -0.141. The number of aromatic nitrogens is 2. The Kier molecular flexibility index (Phi) is 1.95. The molecule has 0 aliphatic rings. The minimum atomic E-state index is -4.60. The van der Waals surface area contributed by atoms with Crippen molar-refractivity contribution in [3.05, 3.63) is 22.2 Å². The fraction of sp³-hybridized carbons (Fsp3) is 0.200. The summed E-state index contributed by atoms with van der Waals surface area (Å²) in [6.07, 6.45) is -4.13.